The fraction of sp³-hybridized carbons (Fsp3) is 1.00. The van der Waals surface area contributed by atoms with E-state index in [4.69, 9.17) is 0 Å². The second kappa shape index (κ2) is 3.36. The summed E-state index contributed by atoms with van der Waals surface area (Å²) in [6, 6.07) is 0. The van der Waals surface area contributed by atoms with Crippen molar-refractivity contribution in [3.05, 3.63) is 0 Å². The lowest BCUT2D eigenvalue weighted by molar-refractivity contribution is 0.505. The van der Waals surface area contributed by atoms with Gasteiger partial charge in [0.15, 0.2) is 9.84 Å². The summed E-state index contributed by atoms with van der Waals surface area (Å²) in [5.74, 6) is 1.28. The van der Waals surface area contributed by atoms with E-state index < -0.39 is 9.84 Å². The Hall–Kier alpha value is -0.0500. The first-order valence-electron chi connectivity index (χ1n) is 4.63. The zero-order valence-corrected chi connectivity index (χ0v) is 8.89. The summed E-state index contributed by atoms with van der Waals surface area (Å²) in [6.45, 7) is 6.19. The van der Waals surface area contributed by atoms with Crippen molar-refractivity contribution in [2.45, 2.75) is 38.9 Å². The first kappa shape index (κ1) is 10.0. The molecule has 1 aliphatic rings. The summed E-state index contributed by atoms with van der Waals surface area (Å²) in [4.78, 5) is 0. The highest BCUT2D eigenvalue weighted by Crippen LogP contribution is 2.29. The summed E-state index contributed by atoms with van der Waals surface area (Å²) in [7, 11) is -2.73. The predicted octanol–water partition coefficient (Wildman–Crippen LogP) is 1.86. The minimum Gasteiger partial charge on any atom is -0.229 e. The van der Waals surface area contributed by atoms with E-state index >= 15 is 0 Å². The molecule has 0 aliphatic carbocycles. The van der Waals surface area contributed by atoms with E-state index in [1.54, 1.807) is 0 Å². The van der Waals surface area contributed by atoms with Gasteiger partial charge >= 0.3 is 0 Å². The summed E-state index contributed by atoms with van der Waals surface area (Å²) in [6.07, 6.45) is 1.72. The second-order valence-corrected chi connectivity index (χ2v) is 6.75. The Morgan fingerprint density at radius 2 is 2.00 bits per heavy atom. The first-order valence-corrected chi connectivity index (χ1v) is 6.35. The highest BCUT2D eigenvalue weighted by Gasteiger charge is 2.35. The van der Waals surface area contributed by atoms with Crippen molar-refractivity contribution < 1.29 is 8.42 Å². The average molecular weight is 190 g/mol. The molecule has 0 N–H and O–H groups in total. The van der Waals surface area contributed by atoms with E-state index in [0.29, 0.717) is 17.6 Å². The lowest BCUT2D eigenvalue weighted by atomic mass is 10.0. The van der Waals surface area contributed by atoms with Crippen molar-refractivity contribution >= 4 is 9.84 Å². The van der Waals surface area contributed by atoms with E-state index in [9.17, 15) is 8.42 Å². The topological polar surface area (TPSA) is 34.1 Å². The lowest BCUT2D eigenvalue weighted by Gasteiger charge is -2.11. The monoisotopic (exact) mass is 190 g/mol. The van der Waals surface area contributed by atoms with Crippen LogP contribution in [0.1, 0.15) is 33.6 Å². The number of hydrogen-bond donors (Lipinski definition) is 0. The molecule has 1 saturated heterocycles. The number of rotatable bonds is 2. The molecule has 1 fully saturated rings. The Morgan fingerprint density at radius 1 is 1.42 bits per heavy atom. The van der Waals surface area contributed by atoms with Crippen LogP contribution in [0.3, 0.4) is 0 Å². The van der Waals surface area contributed by atoms with Crippen molar-refractivity contribution in [2.75, 3.05) is 5.75 Å². The summed E-state index contributed by atoms with van der Waals surface area (Å²) in [5.41, 5.74) is 0. The van der Waals surface area contributed by atoms with Crippen LogP contribution in [0.5, 0.6) is 0 Å². The molecule has 0 radical (unpaired) electrons. The quantitative estimate of drug-likeness (QED) is 0.666. The van der Waals surface area contributed by atoms with Crippen molar-refractivity contribution in [1.29, 1.82) is 0 Å². The molecule has 1 heterocycles. The Balaban J connectivity index is 2.66. The van der Waals surface area contributed by atoms with Crippen LogP contribution in [0.4, 0.5) is 0 Å². The third-order valence-electron chi connectivity index (χ3n) is 2.42. The molecule has 1 aliphatic heterocycles. The molecule has 0 saturated carbocycles. The van der Waals surface area contributed by atoms with Gasteiger partial charge in [0.2, 0.25) is 0 Å². The Bertz CT molecular complexity index is 241. The Labute approximate surface area is 75.3 Å². The largest absolute Gasteiger partial charge is 0.229 e. The molecule has 0 aromatic heterocycles. The molecule has 0 aromatic rings. The maximum absolute atomic E-state index is 11.5. The zero-order chi connectivity index (χ0) is 9.35. The van der Waals surface area contributed by atoms with Crippen LogP contribution >= 0.6 is 0 Å². The molecule has 3 heteroatoms. The van der Waals surface area contributed by atoms with Crippen LogP contribution in [0.15, 0.2) is 0 Å². The molecule has 0 amide bonds. The third-order valence-corrected chi connectivity index (χ3v) is 4.86. The van der Waals surface area contributed by atoms with Gasteiger partial charge in [0.25, 0.3) is 0 Å². The van der Waals surface area contributed by atoms with E-state index in [0.717, 1.165) is 12.8 Å². The third kappa shape index (κ3) is 2.22. The van der Waals surface area contributed by atoms with Gasteiger partial charge in [-0.1, -0.05) is 20.8 Å². The predicted molar refractivity (Wildman–Crippen MR) is 50.8 cm³/mol. The molecule has 2 atom stereocenters. The van der Waals surface area contributed by atoms with E-state index in [1.807, 2.05) is 6.92 Å². The van der Waals surface area contributed by atoms with Crippen LogP contribution < -0.4 is 0 Å². The van der Waals surface area contributed by atoms with Crippen LogP contribution in [0, 0.1) is 11.8 Å². The van der Waals surface area contributed by atoms with E-state index in [-0.39, 0.29) is 5.25 Å². The standard InChI is InChI=1S/C9H18O2S/c1-7(2)4-9-5-8(3)6-12(9,10)11/h7-9H,4-6H2,1-3H3. The lowest BCUT2D eigenvalue weighted by Crippen LogP contribution is -2.17. The average Bonchev–Trinajstić information content (AvgIpc) is 2.04. The molecule has 0 spiro atoms. The summed E-state index contributed by atoms with van der Waals surface area (Å²) >= 11 is 0. The van der Waals surface area contributed by atoms with Gasteiger partial charge in [0.1, 0.15) is 0 Å². The van der Waals surface area contributed by atoms with Crippen LogP contribution in [0.2, 0.25) is 0 Å². The summed E-state index contributed by atoms with van der Waals surface area (Å²) in [5, 5.41) is -0.0486. The highest BCUT2D eigenvalue weighted by molar-refractivity contribution is 7.92. The van der Waals surface area contributed by atoms with Crippen LogP contribution in [-0.4, -0.2) is 19.4 Å². The zero-order valence-electron chi connectivity index (χ0n) is 8.08. The van der Waals surface area contributed by atoms with Crippen LogP contribution in [-0.2, 0) is 9.84 Å². The molecule has 2 nitrogen and oxygen atoms in total. The van der Waals surface area contributed by atoms with Crippen molar-refractivity contribution in [3.63, 3.8) is 0 Å². The molecule has 0 bridgehead atoms. The van der Waals surface area contributed by atoms with E-state index in [2.05, 4.69) is 13.8 Å². The molecule has 0 aromatic carbocycles. The fourth-order valence-electron chi connectivity index (χ4n) is 1.96. The molecule has 12 heavy (non-hydrogen) atoms. The SMILES string of the molecule is CC(C)CC1CC(C)CS1(=O)=O. The summed E-state index contributed by atoms with van der Waals surface area (Å²) < 4.78 is 23.0. The van der Waals surface area contributed by atoms with Gasteiger partial charge in [0, 0.05) is 0 Å². The van der Waals surface area contributed by atoms with Crippen LogP contribution in [0.25, 0.3) is 0 Å². The first-order chi connectivity index (χ1) is 5.42. The minimum atomic E-state index is -2.73. The van der Waals surface area contributed by atoms with Gasteiger partial charge in [-0.05, 0) is 24.7 Å². The maximum atomic E-state index is 11.5. The highest BCUT2D eigenvalue weighted by atomic mass is 32.2. The molecule has 2 unspecified atom stereocenters. The number of hydrogen-bond acceptors (Lipinski definition) is 2. The minimum absolute atomic E-state index is 0.0486. The van der Waals surface area contributed by atoms with Gasteiger partial charge in [-0.3, -0.25) is 0 Å². The molecule has 72 valence electrons. The second-order valence-electron chi connectivity index (χ2n) is 4.42. The Kier molecular flexibility index (Phi) is 2.81. The van der Waals surface area contributed by atoms with Gasteiger partial charge in [-0.25, -0.2) is 8.42 Å². The maximum Gasteiger partial charge on any atom is 0.153 e. The van der Waals surface area contributed by atoms with Gasteiger partial charge in [0.05, 0.1) is 11.0 Å². The van der Waals surface area contributed by atoms with Gasteiger partial charge < -0.3 is 0 Å². The normalized spacial score (nSPS) is 34.3. The Morgan fingerprint density at radius 3 is 2.33 bits per heavy atom. The van der Waals surface area contributed by atoms with Crippen molar-refractivity contribution in [2.24, 2.45) is 11.8 Å². The smallest absolute Gasteiger partial charge is 0.153 e. The van der Waals surface area contributed by atoms with Crippen molar-refractivity contribution in [3.8, 4) is 0 Å². The molecular weight excluding hydrogens is 172 g/mol. The molecular formula is C9H18O2S. The van der Waals surface area contributed by atoms with Gasteiger partial charge in [-0.2, -0.15) is 0 Å². The van der Waals surface area contributed by atoms with E-state index in [1.165, 1.54) is 0 Å². The van der Waals surface area contributed by atoms with Gasteiger partial charge in [-0.15, -0.1) is 0 Å². The van der Waals surface area contributed by atoms with Crippen molar-refractivity contribution in [1.82, 2.24) is 0 Å². The molecule has 1 rings (SSSR count). The fourth-order valence-corrected chi connectivity index (χ4v) is 4.47. The number of sulfone groups is 1.